The van der Waals surface area contributed by atoms with Crippen LogP contribution in [0.3, 0.4) is 0 Å². The SMILES string of the molecule is CN(Cc1cccnc1)CC1CCN(Cc2cccc3c2NCC3)C1. The van der Waals surface area contributed by atoms with E-state index in [1.165, 1.54) is 48.3 Å². The second kappa shape index (κ2) is 7.54. The molecule has 1 atom stereocenters. The summed E-state index contributed by atoms with van der Waals surface area (Å²) in [6.45, 7) is 6.75. The normalized spacial score (nSPS) is 20.0. The van der Waals surface area contributed by atoms with Gasteiger partial charge in [-0.3, -0.25) is 9.88 Å². The first-order chi connectivity index (χ1) is 12.3. The molecule has 4 rings (SSSR count). The van der Waals surface area contributed by atoms with Crippen LogP contribution in [0.25, 0.3) is 0 Å². The molecule has 1 saturated heterocycles. The number of aromatic nitrogens is 1. The number of fused-ring (bicyclic) bond motifs is 1. The molecular weight excluding hydrogens is 308 g/mol. The van der Waals surface area contributed by atoms with Gasteiger partial charge in [0.2, 0.25) is 0 Å². The Bertz CT molecular complexity index is 700. The summed E-state index contributed by atoms with van der Waals surface area (Å²) in [4.78, 5) is 9.28. The highest BCUT2D eigenvalue weighted by Crippen LogP contribution is 2.29. The summed E-state index contributed by atoms with van der Waals surface area (Å²) < 4.78 is 0. The maximum Gasteiger partial charge on any atom is 0.0419 e. The monoisotopic (exact) mass is 336 g/mol. The molecule has 1 aromatic heterocycles. The number of nitrogens with one attached hydrogen (secondary N) is 1. The number of benzene rings is 1. The van der Waals surface area contributed by atoms with E-state index < -0.39 is 0 Å². The molecule has 1 aromatic carbocycles. The van der Waals surface area contributed by atoms with E-state index in [1.807, 2.05) is 18.5 Å². The fourth-order valence-corrected chi connectivity index (χ4v) is 4.30. The van der Waals surface area contributed by atoms with Crippen molar-refractivity contribution >= 4 is 5.69 Å². The van der Waals surface area contributed by atoms with E-state index in [-0.39, 0.29) is 0 Å². The molecule has 0 aliphatic carbocycles. The Kier molecular flexibility index (Phi) is 4.99. The van der Waals surface area contributed by atoms with Crippen LogP contribution in [-0.2, 0) is 19.5 Å². The summed E-state index contributed by atoms with van der Waals surface area (Å²) >= 11 is 0. The Morgan fingerprint density at radius 2 is 2.24 bits per heavy atom. The van der Waals surface area contributed by atoms with Crippen molar-refractivity contribution in [2.75, 3.05) is 38.5 Å². The average Bonchev–Trinajstić information content (AvgIpc) is 3.25. The molecule has 2 aromatic rings. The maximum atomic E-state index is 4.22. The van der Waals surface area contributed by atoms with Gasteiger partial charge >= 0.3 is 0 Å². The van der Waals surface area contributed by atoms with Gasteiger partial charge in [0, 0.05) is 50.8 Å². The fourth-order valence-electron chi connectivity index (χ4n) is 4.30. The smallest absolute Gasteiger partial charge is 0.0419 e. The summed E-state index contributed by atoms with van der Waals surface area (Å²) in [5.74, 6) is 0.770. The van der Waals surface area contributed by atoms with Crippen LogP contribution in [0, 0.1) is 5.92 Å². The maximum absolute atomic E-state index is 4.22. The molecule has 4 heteroatoms. The predicted octanol–water partition coefficient (Wildman–Crippen LogP) is 3.00. The minimum atomic E-state index is 0.770. The van der Waals surface area contributed by atoms with Crippen molar-refractivity contribution in [1.29, 1.82) is 0 Å². The lowest BCUT2D eigenvalue weighted by molar-refractivity contribution is 0.255. The van der Waals surface area contributed by atoms with Gasteiger partial charge in [-0.05, 0) is 55.1 Å². The van der Waals surface area contributed by atoms with Gasteiger partial charge in [-0.2, -0.15) is 0 Å². The van der Waals surface area contributed by atoms with Gasteiger partial charge in [0.1, 0.15) is 0 Å². The number of pyridine rings is 1. The molecule has 0 bridgehead atoms. The van der Waals surface area contributed by atoms with Crippen LogP contribution in [0.2, 0.25) is 0 Å². The van der Waals surface area contributed by atoms with Crippen molar-refractivity contribution in [2.24, 2.45) is 5.92 Å². The first-order valence-electron chi connectivity index (χ1n) is 9.42. The number of anilines is 1. The molecule has 1 unspecified atom stereocenters. The summed E-state index contributed by atoms with van der Waals surface area (Å²) in [7, 11) is 2.23. The lowest BCUT2D eigenvalue weighted by atomic mass is 10.1. The van der Waals surface area contributed by atoms with Crippen molar-refractivity contribution < 1.29 is 0 Å². The fraction of sp³-hybridized carbons (Fsp3) is 0.476. The number of hydrogen-bond acceptors (Lipinski definition) is 4. The highest BCUT2D eigenvalue weighted by Gasteiger charge is 2.25. The molecule has 1 N–H and O–H groups in total. The number of hydrogen-bond donors (Lipinski definition) is 1. The molecule has 132 valence electrons. The molecule has 25 heavy (non-hydrogen) atoms. The molecule has 2 aliphatic heterocycles. The lowest BCUT2D eigenvalue weighted by Gasteiger charge is -2.22. The molecule has 3 heterocycles. The van der Waals surface area contributed by atoms with E-state index in [0.717, 1.165) is 32.1 Å². The molecule has 4 nitrogen and oxygen atoms in total. The van der Waals surface area contributed by atoms with E-state index in [4.69, 9.17) is 0 Å². The summed E-state index contributed by atoms with van der Waals surface area (Å²) in [6, 6.07) is 11.0. The number of para-hydroxylation sites is 1. The zero-order valence-corrected chi connectivity index (χ0v) is 15.1. The highest BCUT2D eigenvalue weighted by molar-refractivity contribution is 5.61. The van der Waals surface area contributed by atoms with Crippen molar-refractivity contribution in [2.45, 2.75) is 25.9 Å². The number of rotatable bonds is 6. The molecule has 0 saturated carbocycles. The number of nitrogens with zero attached hydrogens (tertiary/aromatic N) is 3. The zero-order valence-electron chi connectivity index (χ0n) is 15.1. The zero-order chi connectivity index (χ0) is 17.1. The van der Waals surface area contributed by atoms with Crippen LogP contribution in [-0.4, -0.2) is 48.0 Å². The Labute approximate surface area is 150 Å². The molecule has 0 spiro atoms. The van der Waals surface area contributed by atoms with Crippen molar-refractivity contribution in [3.8, 4) is 0 Å². The summed E-state index contributed by atoms with van der Waals surface area (Å²) in [5.41, 5.74) is 5.66. The number of likely N-dealkylation sites (tertiary alicyclic amines) is 1. The second-order valence-corrected chi connectivity index (χ2v) is 7.58. The topological polar surface area (TPSA) is 31.4 Å². The molecular formula is C21H28N4. The van der Waals surface area contributed by atoms with Crippen LogP contribution in [0.5, 0.6) is 0 Å². The van der Waals surface area contributed by atoms with E-state index in [9.17, 15) is 0 Å². The van der Waals surface area contributed by atoms with Gasteiger partial charge in [0.25, 0.3) is 0 Å². The van der Waals surface area contributed by atoms with Gasteiger partial charge in [-0.1, -0.05) is 24.3 Å². The van der Waals surface area contributed by atoms with Crippen LogP contribution in [0.1, 0.15) is 23.1 Å². The van der Waals surface area contributed by atoms with Gasteiger partial charge in [-0.25, -0.2) is 0 Å². The van der Waals surface area contributed by atoms with Crippen LogP contribution >= 0.6 is 0 Å². The Morgan fingerprint density at radius 3 is 3.12 bits per heavy atom. The van der Waals surface area contributed by atoms with Gasteiger partial charge in [-0.15, -0.1) is 0 Å². The third-order valence-corrected chi connectivity index (χ3v) is 5.44. The van der Waals surface area contributed by atoms with Crippen LogP contribution in [0.15, 0.2) is 42.7 Å². The van der Waals surface area contributed by atoms with E-state index >= 15 is 0 Å². The van der Waals surface area contributed by atoms with Crippen molar-refractivity contribution in [3.05, 3.63) is 59.4 Å². The minimum absolute atomic E-state index is 0.770. The average molecular weight is 336 g/mol. The Morgan fingerprint density at radius 1 is 1.28 bits per heavy atom. The highest BCUT2D eigenvalue weighted by atomic mass is 15.2. The summed E-state index contributed by atoms with van der Waals surface area (Å²) in [6.07, 6.45) is 6.29. The Hall–Kier alpha value is -1.91. The quantitative estimate of drug-likeness (QED) is 0.879. The third-order valence-electron chi connectivity index (χ3n) is 5.44. The van der Waals surface area contributed by atoms with Gasteiger partial charge < -0.3 is 10.2 Å². The van der Waals surface area contributed by atoms with E-state index in [1.54, 1.807) is 0 Å². The molecule has 1 fully saturated rings. The standard InChI is InChI=1S/C21H28N4/c1-24(13-17-4-3-9-22-12-17)14-18-8-11-25(15-18)16-20-6-2-5-19-7-10-23-21(19)20/h2-6,9,12,18,23H,7-8,10-11,13-16H2,1H3. The van der Waals surface area contributed by atoms with Gasteiger partial charge in [0.05, 0.1) is 0 Å². The van der Waals surface area contributed by atoms with Crippen molar-refractivity contribution in [3.63, 3.8) is 0 Å². The van der Waals surface area contributed by atoms with Crippen LogP contribution < -0.4 is 5.32 Å². The second-order valence-electron chi connectivity index (χ2n) is 7.58. The van der Waals surface area contributed by atoms with E-state index in [2.05, 4.69) is 51.4 Å². The van der Waals surface area contributed by atoms with Crippen LogP contribution in [0.4, 0.5) is 5.69 Å². The minimum Gasteiger partial charge on any atom is -0.384 e. The largest absolute Gasteiger partial charge is 0.384 e. The summed E-state index contributed by atoms with van der Waals surface area (Å²) in [5, 5.41) is 3.57. The molecule has 0 amide bonds. The third kappa shape index (κ3) is 4.02. The van der Waals surface area contributed by atoms with Crippen molar-refractivity contribution in [1.82, 2.24) is 14.8 Å². The van der Waals surface area contributed by atoms with E-state index in [0.29, 0.717) is 0 Å². The van der Waals surface area contributed by atoms with Gasteiger partial charge in [0.15, 0.2) is 0 Å². The molecule has 0 radical (unpaired) electrons. The lowest BCUT2D eigenvalue weighted by Crippen LogP contribution is -2.28. The Balaban J connectivity index is 1.29. The first kappa shape index (κ1) is 16.6. The predicted molar refractivity (Wildman–Crippen MR) is 103 cm³/mol. The first-order valence-corrected chi connectivity index (χ1v) is 9.42. The molecule has 2 aliphatic rings.